The first kappa shape index (κ1) is 12.6. The quantitative estimate of drug-likeness (QED) is 0.855. The van der Waals surface area contributed by atoms with Crippen LogP contribution < -0.4 is 11.2 Å². The van der Waals surface area contributed by atoms with Gasteiger partial charge in [-0.2, -0.15) is 0 Å². The molecule has 0 radical (unpaired) electrons. The second-order valence-electron chi connectivity index (χ2n) is 4.07. The molecule has 5 heteroatoms. The third kappa shape index (κ3) is 2.54. The van der Waals surface area contributed by atoms with E-state index in [2.05, 4.69) is 4.98 Å². The summed E-state index contributed by atoms with van der Waals surface area (Å²) in [6, 6.07) is 9.81. The van der Waals surface area contributed by atoms with E-state index < -0.39 is 5.69 Å². The fourth-order valence-corrected chi connectivity index (χ4v) is 2.03. The number of aromatic nitrogens is 2. The van der Waals surface area contributed by atoms with Gasteiger partial charge in [-0.3, -0.25) is 14.3 Å². The van der Waals surface area contributed by atoms with Crippen molar-refractivity contribution in [3.05, 3.63) is 67.4 Å². The van der Waals surface area contributed by atoms with Crippen LogP contribution >= 0.6 is 11.6 Å². The lowest BCUT2D eigenvalue weighted by Gasteiger charge is -2.05. The topological polar surface area (TPSA) is 54.9 Å². The predicted octanol–water partition coefficient (Wildman–Crippen LogP) is 1.51. The minimum atomic E-state index is -0.492. The van der Waals surface area contributed by atoms with Gasteiger partial charge < -0.3 is 0 Å². The third-order valence-corrected chi connectivity index (χ3v) is 3.18. The number of hydrogen-bond acceptors (Lipinski definition) is 2. The third-order valence-electron chi connectivity index (χ3n) is 2.86. The van der Waals surface area contributed by atoms with Gasteiger partial charge in [0.15, 0.2) is 0 Å². The van der Waals surface area contributed by atoms with Crippen molar-refractivity contribution in [1.82, 2.24) is 9.55 Å². The molecule has 0 fully saturated rings. The first-order valence-electron chi connectivity index (χ1n) is 5.61. The second-order valence-corrected chi connectivity index (χ2v) is 4.45. The highest BCUT2D eigenvalue weighted by Gasteiger charge is 2.10. The van der Waals surface area contributed by atoms with Gasteiger partial charge in [-0.25, -0.2) is 4.79 Å². The van der Waals surface area contributed by atoms with Crippen molar-refractivity contribution >= 4 is 11.6 Å². The predicted molar refractivity (Wildman–Crippen MR) is 71.2 cm³/mol. The van der Waals surface area contributed by atoms with Crippen LogP contribution in [-0.2, 0) is 19.9 Å². The molecule has 2 rings (SSSR count). The molecule has 94 valence electrons. The average Bonchev–Trinajstić information content (AvgIpc) is 2.37. The van der Waals surface area contributed by atoms with Gasteiger partial charge in [0.05, 0.1) is 5.56 Å². The summed E-state index contributed by atoms with van der Waals surface area (Å²) in [5, 5.41) is 0.138. The zero-order valence-corrected chi connectivity index (χ0v) is 10.7. The lowest BCUT2D eigenvalue weighted by Crippen LogP contribution is -2.35. The molecular formula is C13H13ClN2O2. The fraction of sp³-hybridized carbons (Fsp3) is 0.231. The molecule has 0 unspecified atom stereocenters. The van der Waals surface area contributed by atoms with Crippen molar-refractivity contribution in [2.24, 2.45) is 7.05 Å². The Kier molecular flexibility index (Phi) is 3.67. The molecule has 1 aromatic heterocycles. The molecule has 4 nitrogen and oxygen atoms in total. The summed E-state index contributed by atoms with van der Waals surface area (Å²) in [5.41, 5.74) is 0.748. The standard InChI is InChI=1S/C13H13ClN2O2/c1-16-12(17)10(11(14)15-13(16)18)8-7-9-5-3-2-4-6-9/h2-6H,7-8H2,1H3,(H,15,18). The maximum Gasteiger partial charge on any atom is 0.329 e. The number of aromatic amines is 1. The Labute approximate surface area is 109 Å². The van der Waals surface area contributed by atoms with Gasteiger partial charge in [0, 0.05) is 7.05 Å². The van der Waals surface area contributed by atoms with E-state index in [4.69, 9.17) is 11.6 Å². The van der Waals surface area contributed by atoms with E-state index in [0.29, 0.717) is 18.4 Å². The number of nitrogens with zero attached hydrogens (tertiary/aromatic N) is 1. The lowest BCUT2D eigenvalue weighted by atomic mass is 10.1. The van der Waals surface area contributed by atoms with Crippen molar-refractivity contribution in [3.8, 4) is 0 Å². The van der Waals surface area contributed by atoms with Crippen molar-refractivity contribution in [2.45, 2.75) is 12.8 Å². The van der Waals surface area contributed by atoms with Gasteiger partial charge in [-0.15, -0.1) is 0 Å². The molecule has 1 aromatic carbocycles. The van der Waals surface area contributed by atoms with Crippen LogP contribution in [0.1, 0.15) is 11.1 Å². The lowest BCUT2D eigenvalue weighted by molar-refractivity contribution is 0.747. The Bertz CT molecular complexity index is 659. The van der Waals surface area contributed by atoms with Gasteiger partial charge in [-0.05, 0) is 18.4 Å². The number of hydrogen-bond donors (Lipinski definition) is 1. The summed E-state index contributed by atoms with van der Waals surface area (Å²) >= 11 is 5.90. The molecule has 1 heterocycles. The summed E-state index contributed by atoms with van der Waals surface area (Å²) in [6.45, 7) is 0. The molecule has 0 amide bonds. The minimum Gasteiger partial charge on any atom is -0.297 e. The Morgan fingerprint density at radius 1 is 1.17 bits per heavy atom. The Balaban J connectivity index is 2.28. The van der Waals surface area contributed by atoms with E-state index in [1.165, 1.54) is 7.05 Å². The molecular weight excluding hydrogens is 252 g/mol. The smallest absolute Gasteiger partial charge is 0.297 e. The van der Waals surface area contributed by atoms with Crippen LogP contribution in [0.3, 0.4) is 0 Å². The van der Waals surface area contributed by atoms with E-state index in [-0.39, 0.29) is 10.7 Å². The second kappa shape index (κ2) is 5.23. The minimum absolute atomic E-state index is 0.138. The highest BCUT2D eigenvalue weighted by Crippen LogP contribution is 2.10. The SMILES string of the molecule is Cn1c(=O)[nH]c(Cl)c(CCc2ccccc2)c1=O. The highest BCUT2D eigenvalue weighted by atomic mass is 35.5. The molecule has 0 aliphatic heterocycles. The largest absolute Gasteiger partial charge is 0.329 e. The van der Waals surface area contributed by atoms with Gasteiger partial charge in [0.25, 0.3) is 5.56 Å². The van der Waals surface area contributed by atoms with E-state index in [1.54, 1.807) is 0 Å². The molecule has 0 atom stereocenters. The van der Waals surface area contributed by atoms with Crippen LogP contribution in [0.5, 0.6) is 0 Å². The Hall–Kier alpha value is -1.81. The fourth-order valence-electron chi connectivity index (χ4n) is 1.77. The zero-order valence-electron chi connectivity index (χ0n) is 9.94. The molecule has 0 aliphatic rings. The van der Waals surface area contributed by atoms with E-state index in [9.17, 15) is 9.59 Å². The molecule has 18 heavy (non-hydrogen) atoms. The van der Waals surface area contributed by atoms with Crippen LogP contribution in [0.25, 0.3) is 0 Å². The Morgan fingerprint density at radius 3 is 2.50 bits per heavy atom. The summed E-state index contributed by atoms with van der Waals surface area (Å²) in [7, 11) is 1.43. The normalized spacial score (nSPS) is 10.6. The van der Waals surface area contributed by atoms with Gasteiger partial charge >= 0.3 is 5.69 Å². The Morgan fingerprint density at radius 2 is 1.83 bits per heavy atom. The zero-order chi connectivity index (χ0) is 13.1. The first-order valence-corrected chi connectivity index (χ1v) is 5.99. The first-order chi connectivity index (χ1) is 8.59. The van der Waals surface area contributed by atoms with E-state index >= 15 is 0 Å². The van der Waals surface area contributed by atoms with Crippen LogP contribution in [0.2, 0.25) is 5.15 Å². The number of aryl methyl sites for hydroxylation is 1. The molecule has 1 N–H and O–H groups in total. The number of H-pyrrole nitrogens is 1. The van der Waals surface area contributed by atoms with Crippen molar-refractivity contribution in [1.29, 1.82) is 0 Å². The maximum absolute atomic E-state index is 11.9. The molecule has 0 saturated heterocycles. The summed E-state index contributed by atoms with van der Waals surface area (Å²) in [5.74, 6) is 0. The van der Waals surface area contributed by atoms with Crippen molar-refractivity contribution in [2.75, 3.05) is 0 Å². The van der Waals surface area contributed by atoms with Gasteiger partial charge in [0.2, 0.25) is 0 Å². The molecule has 2 aromatic rings. The molecule has 0 saturated carbocycles. The monoisotopic (exact) mass is 264 g/mol. The van der Waals surface area contributed by atoms with Crippen molar-refractivity contribution < 1.29 is 0 Å². The number of benzene rings is 1. The van der Waals surface area contributed by atoms with Crippen LogP contribution in [0.4, 0.5) is 0 Å². The maximum atomic E-state index is 11.9. The van der Waals surface area contributed by atoms with Crippen LogP contribution in [0.15, 0.2) is 39.9 Å². The van der Waals surface area contributed by atoms with E-state index in [1.807, 2.05) is 30.3 Å². The van der Waals surface area contributed by atoms with Crippen LogP contribution in [-0.4, -0.2) is 9.55 Å². The average molecular weight is 265 g/mol. The van der Waals surface area contributed by atoms with Crippen LogP contribution in [0, 0.1) is 0 Å². The highest BCUT2D eigenvalue weighted by molar-refractivity contribution is 6.30. The summed E-state index contributed by atoms with van der Waals surface area (Å²) in [6.07, 6.45) is 1.22. The van der Waals surface area contributed by atoms with E-state index in [0.717, 1.165) is 10.1 Å². The summed E-state index contributed by atoms with van der Waals surface area (Å²) in [4.78, 5) is 25.7. The van der Waals surface area contributed by atoms with Gasteiger partial charge in [0.1, 0.15) is 5.15 Å². The number of rotatable bonds is 3. The van der Waals surface area contributed by atoms with Crippen molar-refractivity contribution in [3.63, 3.8) is 0 Å². The molecule has 0 spiro atoms. The molecule has 0 aliphatic carbocycles. The van der Waals surface area contributed by atoms with Gasteiger partial charge in [-0.1, -0.05) is 41.9 Å². The number of nitrogens with one attached hydrogen (secondary N) is 1. The number of halogens is 1. The summed E-state index contributed by atoms with van der Waals surface area (Å²) < 4.78 is 1.03. The molecule has 0 bridgehead atoms.